The monoisotopic (exact) mass is 370 g/mol. The molecule has 1 N–H and O–H groups in total. The summed E-state index contributed by atoms with van der Waals surface area (Å²) in [7, 11) is 0. The summed E-state index contributed by atoms with van der Waals surface area (Å²) in [6, 6.07) is 8.24. The van der Waals surface area contributed by atoms with Gasteiger partial charge in [-0.3, -0.25) is 0 Å². The summed E-state index contributed by atoms with van der Waals surface area (Å²) < 4.78 is 6.48. The highest BCUT2D eigenvalue weighted by molar-refractivity contribution is 9.10. The van der Waals surface area contributed by atoms with Gasteiger partial charge in [0.25, 0.3) is 0 Å². The number of halogens is 1. The van der Waals surface area contributed by atoms with Crippen LogP contribution < -0.4 is 5.32 Å². The Labute approximate surface area is 142 Å². The highest BCUT2D eigenvalue weighted by Crippen LogP contribution is 2.11. The van der Waals surface area contributed by atoms with Crippen LogP contribution in [0.25, 0.3) is 0 Å². The normalized spacial score (nSPS) is 11.3. The molecule has 0 bridgehead atoms. The molecule has 0 fully saturated rings. The maximum absolute atomic E-state index is 12.0. The van der Waals surface area contributed by atoms with Crippen LogP contribution in [0.3, 0.4) is 0 Å². The summed E-state index contributed by atoms with van der Waals surface area (Å²) >= 11 is 3.47. The average Bonchev–Trinajstić information content (AvgIpc) is 2.40. The van der Waals surface area contributed by atoms with Crippen LogP contribution >= 0.6 is 15.9 Å². The van der Waals surface area contributed by atoms with Crippen molar-refractivity contribution in [1.29, 1.82) is 0 Å². The lowest BCUT2D eigenvalue weighted by Crippen LogP contribution is -2.38. The molecule has 1 rings (SSSR count). The highest BCUT2D eigenvalue weighted by Gasteiger charge is 2.20. The number of nitrogens with zero attached hydrogens (tertiary/aromatic N) is 1. The van der Waals surface area contributed by atoms with Crippen molar-refractivity contribution in [3.05, 3.63) is 34.3 Å². The topological polar surface area (TPSA) is 41.6 Å². The van der Waals surface area contributed by atoms with E-state index in [1.165, 1.54) is 5.56 Å². The molecule has 0 spiro atoms. The first-order valence-corrected chi connectivity index (χ1v) is 8.54. The van der Waals surface area contributed by atoms with E-state index in [1.807, 2.05) is 39.8 Å². The van der Waals surface area contributed by atoms with E-state index in [4.69, 9.17) is 4.74 Å². The molecule has 0 saturated heterocycles. The summed E-state index contributed by atoms with van der Waals surface area (Å²) in [6.45, 7) is 10.7. The SMILES string of the molecule is CCN(CCCNCc1cccc(Br)c1)C(=O)OC(C)(C)C. The Hall–Kier alpha value is -1.07. The molecule has 0 aliphatic heterocycles. The lowest BCUT2D eigenvalue weighted by atomic mass is 10.2. The van der Waals surface area contributed by atoms with Gasteiger partial charge >= 0.3 is 6.09 Å². The molecule has 1 amide bonds. The van der Waals surface area contributed by atoms with Gasteiger partial charge in [-0.05, 0) is 58.4 Å². The van der Waals surface area contributed by atoms with E-state index in [-0.39, 0.29) is 6.09 Å². The van der Waals surface area contributed by atoms with Gasteiger partial charge in [-0.25, -0.2) is 4.79 Å². The maximum Gasteiger partial charge on any atom is 0.410 e. The molecule has 1 aromatic rings. The first kappa shape index (κ1) is 19.0. The average molecular weight is 371 g/mol. The first-order chi connectivity index (χ1) is 10.3. The summed E-state index contributed by atoms with van der Waals surface area (Å²) in [5, 5.41) is 3.40. The van der Waals surface area contributed by atoms with Crippen LogP contribution in [0.2, 0.25) is 0 Å². The molecule has 0 saturated carbocycles. The van der Waals surface area contributed by atoms with Crippen molar-refractivity contribution in [2.75, 3.05) is 19.6 Å². The third-order valence-electron chi connectivity index (χ3n) is 3.03. The number of rotatable bonds is 7. The van der Waals surface area contributed by atoms with Crippen LogP contribution in [-0.4, -0.2) is 36.2 Å². The summed E-state index contributed by atoms with van der Waals surface area (Å²) in [5.74, 6) is 0. The van der Waals surface area contributed by atoms with Gasteiger partial charge in [0.1, 0.15) is 5.60 Å². The fourth-order valence-electron chi connectivity index (χ4n) is 1.98. The molecule has 0 aliphatic carbocycles. The Morgan fingerprint density at radius 2 is 2.09 bits per heavy atom. The van der Waals surface area contributed by atoms with Crippen LogP contribution in [0, 0.1) is 0 Å². The number of nitrogens with one attached hydrogen (secondary N) is 1. The van der Waals surface area contributed by atoms with E-state index in [1.54, 1.807) is 4.90 Å². The smallest absolute Gasteiger partial charge is 0.410 e. The number of benzene rings is 1. The van der Waals surface area contributed by atoms with Gasteiger partial charge < -0.3 is 15.0 Å². The third-order valence-corrected chi connectivity index (χ3v) is 3.53. The number of ether oxygens (including phenoxy) is 1. The lowest BCUT2D eigenvalue weighted by molar-refractivity contribution is 0.0258. The van der Waals surface area contributed by atoms with Crippen molar-refractivity contribution >= 4 is 22.0 Å². The zero-order valence-electron chi connectivity index (χ0n) is 14.0. The molecular formula is C17H27BrN2O2. The standard InChI is InChI=1S/C17H27BrN2O2/c1-5-20(16(21)22-17(2,3)4)11-7-10-19-13-14-8-6-9-15(18)12-14/h6,8-9,12,19H,5,7,10-11,13H2,1-4H3. The second-order valence-corrected chi connectivity index (χ2v) is 7.14. The van der Waals surface area contributed by atoms with Crippen molar-refractivity contribution in [2.24, 2.45) is 0 Å². The fraction of sp³-hybridized carbons (Fsp3) is 0.588. The first-order valence-electron chi connectivity index (χ1n) is 7.75. The predicted molar refractivity (Wildman–Crippen MR) is 93.9 cm³/mol. The summed E-state index contributed by atoms with van der Waals surface area (Å²) in [4.78, 5) is 13.7. The van der Waals surface area contributed by atoms with Crippen LogP contribution in [0.4, 0.5) is 4.79 Å². The molecule has 4 nitrogen and oxygen atoms in total. The molecule has 1 aromatic carbocycles. The number of amides is 1. The van der Waals surface area contributed by atoms with Gasteiger partial charge in [0.05, 0.1) is 0 Å². The molecule has 0 unspecified atom stereocenters. The van der Waals surface area contributed by atoms with Crippen molar-refractivity contribution in [2.45, 2.75) is 46.3 Å². The molecule has 0 heterocycles. The van der Waals surface area contributed by atoms with Gasteiger partial charge in [-0.1, -0.05) is 28.1 Å². The third kappa shape index (κ3) is 7.80. The summed E-state index contributed by atoms with van der Waals surface area (Å²) in [5.41, 5.74) is 0.803. The minimum Gasteiger partial charge on any atom is -0.444 e. The van der Waals surface area contributed by atoms with Gasteiger partial charge in [0, 0.05) is 24.1 Å². The minimum atomic E-state index is -0.441. The minimum absolute atomic E-state index is 0.234. The van der Waals surface area contributed by atoms with E-state index in [0.717, 1.165) is 24.0 Å². The quantitative estimate of drug-likeness (QED) is 0.731. The van der Waals surface area contributed by atoms with Gasteiger partial charge in [-0.2, -0.15) is 0 Å². The van der Waals surface area contributed by atoms with Gasteiger partial charge in [0.15, 0.2) is 0 Å². The Morgan fingerprint density at radius 1 is 1.36 bits per heavy atom. The predicted octanol–water partition coefficient (Wildman–Crippen LogP) is 4.19. The van der Waals surface area contributed by atoms with Crippen LogP contribution in [0.15, 0.2) is 28.7 Å². The van der Waals surface area contributed by atoms with E-state index >= 15 is 0 Å². The Kier molecular flexibility index (Phi) is 7.90. The molecule has 0 atom stereocenters. The van der Waals surface area contributed by atoms with Crippen LogP contribution in [0.5, 0.6) is 0 Å². The van der Waals surface area contributed by atoms with E-state index in [0.29, 0.717) is 13.1 Å². The second kappa shape index (κ2) is 9.16. The number of hydrogen-bond acceptors (Lipinski definition) is 3. The second-order valence-electron chi connectivity index (χ2n) is 6.22. The maximum atomic E-state index is 12.0. The Morgan fingerprint density at radius 3 is 2.68 bits per heavy atom. The molecule has 5 heteroatoms. The lowest BCUT2D eigenvalue weighted by Gasteiger charge is -2.26. The molecule has 0 aromatic heterocycles. The zero-order valence-corrected chi connectivity index (χ0v) is 15.6. The molecular weight excluding hydrogens is 344 g/mol. The Balaban J connectivity index is 2.25. The van der Waals surface area contributed by atoms with Gasteiger partial charge in [0.2, 0.25) is 0 Å². The summed E-state index contributed by atoms with van der Waals surface area (Å²) in [6.07, 6.45) is 0.670. The van der Waals surface area contributed by atoms with Crippen molar-refractivity contribution in [3.8, 4) is 0 Å². The number of carbonyl (C=O) groups excluding carboxylic acids is 1. The van der Waals surface area contributed by atoms with Gasteiger partial charge in [-0.15, -0.1) is 0 Å². The van der Waals surface area contributed by atoms with Crippen molar-refractivity contribution in [3.63, 3.8) is 0 Å². The van der Waals surface area contributed by atoms with Crippen LogP contribution in [-0.2, 0) is 11.3 Å². The van der Waals surface area contributed by atoms with E-state index in [9.17, 15) is 4.79 Å². The number of carbonyl (C=O) groups is 1. The molecule has 124 valence electrons. The zero-order chi connectivity index (χ0) is 16.6. The largest absolute Gasteiger partial charge is 0.444 e. The number of hydrogen-bond donors (Lipinski definition) is 1. The van der Waals surface area contributed by atoms with Crippen LogP contribution in [0.1, 0.15) is 39.7 Å². The van der Waals surface area contributed by atoms with Crippen molar-refractivity contribution < 1.29 is 9.53 Å². The van der Waals surface area contributed by atoms with Crippen molar-refractivity contribution in [1.82, 2.24) is 10.2 Å². The van der Waals surface area contributed by atoms with E-state index < -0.39 is 5.60 Å². The molecule has 22 heavy (non-hydrogen) atoms. The Bertz CT molecular complexity index is 472. The molecule has 0 radical (unpaired) electrons. The fourth-order valence-corrected chi connectivity index (χ4v) is 2.43. The molecule has 0 aliphatic rings. The van der Waals surface area contributed by atoms with E-state index in [2.05, 4.69) is 33.4 Å². The highest BCUT2D eigenvalue weighted by atomic mass is 79.9.